The number of oxime groups is 1. The smallest absolute Gasteiger partial charge is 0.213 e. The van der Waals surface area contributed by atoms with Crippen LogP contribution in [0.2, 0.25) is 0 Å². The highest BCUT2D eigenvalue weighted by atomic mass is 16.6. The van der Waals surface area contributed by atoms with Gasteiger partial charge >= 0.3 is 0 Å². The molecule has 2 aliphatic rings. The molecule has 1 aliphatic heterocycles. The first kappa shape index (κ1) is 21.7. The van der Waals surface area contributed by atoms with Crippen molar-refractivity contribution in [2.75, 3.05) is 49.2 Å². The van der Waals surface area contributed by atoms with Crippen molar-refractivity contribution in [1.29, 1.82) is 0 Å². The maximum absolute atomic E-state index is 6.01. The number of rotatable bonds is 8. The zero-order valence-corrected chi connectivity index (χ0v) is 18.4. The average molecular weight is 439 g/mol. The van der Waals surface area contributed by atoms with Crippen LogP contribution in [0, 0.1) is 0 Å². The molecule has 0 radical (unpaired) electrons. The molecular formula is C22H30N8O2. The van der Waals surface area contributed by atoms with Crippen LogP contribution in [0.25, 0.3) is 0 Å². The summed E-state index contributed by atoms with van der Waals surface area (Å²) in [6.07, 6.45) is 9.82. The van der Waals surface area contributed by atoms with Gasteiger partial charge in [0.15, 0.2) is 0 Å². The normalized spacial score (nSPS) is 17.0. The van der Waals surface area contributed by atoms with E-state index in [4.69, 9.17) is 15.3 Å². The molecule has 1 saturated carbocycles. The maximum Gasteiger partial charge on any atom is 0.213 e. The molecule has 0 amide bonds. The third-order valence-corrected chi connectivity index (χ3v) is 5.76. The van der Waals surface area contributed by atoms with Crippen molar-refractivity contribution >= 4 is 23.5 Å². The van der Waals surface area contributed by atoms with Crippen LogP contribution in [-0.4, -0.2) is 65.5 Å². The molecule has 10 nitrogen and oxygen atoms in total. The Bertz CT molecular complexity index is 935. The average Bonchev–Trinajstić information content (AvgIpc) is 3.32. The molecule has 4 rings (SSSR count). The van der Waals surface area contributed by atoms with Gasteiger partial charge in [0.25, 0.3) is 0 Å². The maximum atomic E-state index is 6.01. The number of nitrogens with one attached hydrogen (secondary N) is 1. The molecule has 10 heteroatoms. The number of nitrogens with two attached hydrogens (primary N) is 1. The van der Waals surface area contributed by atoms with Crippen molar-refractivity contribution in [2.24, 2.45) is 5.16 Å². The highest BCUT2D eigenvalue weighted by molar-refractivity contribution is 5.91. The summed E-state index contributed by atoms with van der Waals surface area (Å²) < 4.78 is 5.93. The highest BCUT2D eigenvalue weighted by Gasteiger charge is 2.22. The van der Waals surface area contributed by atoms with Crippen LogP contribution in [0.3, 0.4) is 0 Å². The fourth-order valence-electron chi connectivity index (χ4n) is 4.02. The molecule has 3 N–H and O–H groups in total. The number of hydrogen-bond acceptors (Lipinski definition) is 10. The predicted molar refractivity (Wildman–Crippen MR) is 125 cm³/mol. The molecule has 170 valence electrons. The molecule has 1 aliphatic carbocycles. The van der Waals surface area contributed by atoms with E-state index in [0.29, 0.717) is 23.4 Å². The Kier molecular flexibility index (Phi) is 6.88. The summed E-state index contributed by atoms with van der Waals surface area (Å²) in [6.45, 7) is 7.30. The van der Waals surface area contributed by atoms with Gasteiger partial charge in [-0.15, -0.1) is 0 Å². The zero-order chi connectivity index (χ0) is 22.3. The first-order valence-electron chi connectivity index (χ1n) is 10.9. The Morgan fingerprint density at radius 2 is 1.97 bits per heavy atom. The monoisotopic (exact) mass is 438 g/mol. The van der Waals surface area contributed by atoms with E-state index in [9.17, 15) is 0 Å². The van der Waals surface area contributed by atoms with Crippen molar-refractivity contribution in [2.45, 2.75) is 31.8 Å². The van der Waals surface area contributed by atoms with Crippen molar-refractivity contribution in [3.63, 3.8) is 0 Å². The summed E-state index contributed by atoms with van der Waals surface area (Å²) in [5.74, 6) is 2.63. The second kappa shape index (κ2) is 10.2. The van der Waals surface area contributed by atoms with Crippen LogP contribution in [0.1, 0.15) is 31.2 Å². The Hall–Kier alpha value is -3.56. The van der Waals surface area contributed by atoms with Crippen molar-refractivity contribution in [3.05, 3.63) is 42.6 Å². The summed E-state index contributed by atoms with van der Waals surface area (Å²) in [4.78, 5) is 22.0. The van der Waals surface area contributed by atoms with E-state index in [2.05, 4.69) is 41.8 Å². The molecule has 0 bridgehead atoms. The highest BCUT2D eigenvalue weighted by Crippen LogP contribution is 2.25. The van der Waals surface area contributed by atoms with Gasteiger partial charge in [-0.1, -0.05) is 11.7 Å². The summed E-state index contributed by atoms with van der Waals surface area (Å²) in [6, 6.07) is 3.89. The number of hydrogen-bond donors (Lipinski definition) is 2. The van der Waals surface area contributed by atoms with Gasteiger partial charge in [-0.05, 0) is 31.7 Å². The van der Waals surface area contributed by atoms with E-state index < -0.39 is 0 Å². The van der Waals surface area contributed by atoms with Gasteiger partial charge < -0.3 is 30.4 Å². The molecular weight excluding hydrogens is 408 g/mol. The van der Waals surface area contributed by atoms with Crippen molar-refractivity contribution in [3.8, 4) is 5.88 Å². The van der Waals surface area contributed by atoms with E-state index in [1.54, 1.807) is 12.4 Å². The van der Waals surface area contributed by atoms with Crippen LogP contribution < -0.4 is 20.7 Å². The van der Waals surface area contributed by atoms with Gasteiger partial charge in [0.2, 0.25) is 5.88 Å². The number of anilines is 3. The largest absolute Gasteiger partial charge is 0.474 e. The fourth-order valence-corrected chi connectivity index (χ4v) is 4.02. The summed E-state index contributed by atoms with van der Waals surface area (Å²) in [5.41, 5.74) is 7.56. The van der Waals surface area contributed by atoms with Crippen LogP contribution in [-0.2, 0) is 4.84 Å². The molecule has 0 spiro atoms. The Labute approximate surface area is 188 Å². The number of nitrogens with zero attached hydrogens (tertiary/aromatic N) is 6. The molecule has 0 atom stereocenters. The number of nitrogen functional groups attached to an aromatic ring is 1. The second-order valence-electron chi connectivity index (χ2n) is 7.87. The van der Waals surface area contributed by atoms with E-state index >= 15 is 0 Å². The van der Waals surface area contributed by atoms with Crippen LogP contribution >= 0.6 is 0 Å². The van der Waals surface area contributed by atoms with Gasteiger partial charge in [-0.2, -0.15) is 0 Å². The van der Waals surface area contributed by atoms with Crippen molar-refractivity contribution in [1.82, 2.24) is 19.9 Å². The quantitative estimate of drug-likeness (QED) is 0.474. The van der Waals surface area contributed by atoms with Crippen LogP contribution in [0.5, 0.6) is 5.88 Å². The molecule has 1 saturated heterocycles. The lowest BCUT2D eigenvalue weighted by atomic mass is 10.2. The molecule has 0 aromatic carbocycles. The van der Waals surface area contributed by atoms with Gasteiger partial charge in [0.05, 0.1) is 29.5 Å². The van der Waals surface area contributed by atoms with Gasteiger partial charge in [-0.3, -0.25) is 0 Å². The lowest BCUT2D eigenvalue weighted by Gasteiger charge is -2.38. The SMILES string of the molecule is C=C(Nc1ccc(OC2CCCC2)nc1)N1CCN(c2ncnc(N)c2/C=N\OC)CC1. The standard InChI is InChI=1S/C22H30N8O2/c1-16(28-17-7-8-20(24-13-17)32-18-5-3-4-6-18)29-9-11-30(12-10-29)22-19(14-27-31-2)21(23)25-15-26-22/h7-8,13-15,18,28H,1,3-6,9-12H2,2H3,(H2,23,25,26)/b27-14-. The molecule has 2 aromatic heterocycles. The number of piperazine rings is 1. The van der Waals surface area contributed by atoms with Gasteiger partial charge in [-0.25, -0.2) is 15.0 Å². The minimum absolute atomic E-state index is 0.305. The minimum Gasteiger partial charge on any atom is -0.474 e. The van der Waals surface area contributed by atoms with E-state index in [1.807, 2.05) is 12.1 Å². The summed E-state index contributed by atoms with van der Waals surface area (Å²) in [7, 11) is 1.49. The molecule has 2 aromatic rings. The van der Waals surface area contributed by atoms with E-state index in [1.165, 1.54) is 26.3 Å². The molecule has 2 fully saturated rings. The van der Waals surface area contributed by atoms with Crippen molar-refractivity contribution < 1.29 is 9.57 Å². The predicted octanol–water partition coefficient (Wildman–Crippen LogP) is 2.46. The fraction of sp³-hybridized carbons (Fsp3) is 0.455. The lowest BCUT2D eigenvalue weighted by molar-refractivity contribution is 0.201. The van der Waals surface area contributed by atoms with E-state index in [0.717, 1.165) is 56.3 Å². The first-order chi connectivity index (χ1) is 15.6. The van der Waals surface area contributed by atoms with Crippen LogP contribution in [0.15, 0.2) is 42.2 Å². The molecule has 3 heterocycles. The summed E-state index contributed by atoms with van der Waals surface area (Å²) in [5, 5.41) is 7.17. The minimum atomic E-state index is 0.305. The van der Waals surface area contributed by atoms with Gasteiger partial charge in [0.1, 0.15) is 31.2 Å². The third kappa shape index (κ3) is 5.19. The first-order valence-corrected chi connectivity index (χ1v) is 10.9. The zero-order valence-electron chi connectivity index (χ0n) is 18.4. The number of aromatic nitrogens is 3. The second-order valence-corrected chi connectivity index (χ2v) is 7.87. The van der Waals surface area contributed by atoms with Crippen LogP contribution in [0.4, 0.5) is 17.3 Å². The Morgan fingerprint density at radius 1 is 1.19 bits per heavy atom. The number of pyridine rings is 1. The molecule has 0 unspecified atom stereocenters. The lowest BCUT2D eigenvalue weighted by Crippen LogP contribution is -2.47. The number of ether oxygens (including phenoxy) is 1. The molecule has 32 heavy (non-hydrogen) atoms. The van der Waals surface area contributed by atoms with Gasteiger partial charge in [0, 0.05) is 32.2 Å². The third-order valence-electron chi connectivity index (χ3n) is 5.76. The Balaban J connectivity index is 1.31. The van der Waals surface area contributed by atoms with E-state index in [-0.39, 0.29) is 0 Å². The summed E-state index contributed by atoms with van der Waals surface area (Å²) >= 11 is 0. The topological polar surface area (TPSA) is 114 Å². The Morgan fingerprint density at radius 3 is 2.66 bits per heavy atom.